The number of hydrogen-bond donors (Lipinski definition) is 2. The summed E-state index contributed by atoms with van der Waals surface area (Å²) in [5, 5.41) is 6.98. The molecule has 2 aliphatic rings. The fraction of sp³-hybridized carbons (Fsp3) is 1.00. The lowest BCUT2D eigenvalue weighted by Crippen LogP contribution is -2.60. The molecule has 4 atom stereocenters. The summed E-state index contributed by atoms with van der Waals surface area (Å²) in [7, 11) is 0. The maximum absolute atomic E-state index is 14.9. The second kappa shape index (κ2) is 17.2. The number of halogens is 2. The Bertz CT molecular complexity index is 445. The first-order valence-electron chi connectivity index (χ1n) is 14.0. The molecule has 2 fully saturated rings. The Kier molecular flexibility index (Phi) is 15.1. The highest BCUT2D eigenvalue weighted by molar-refractivity contribution is 4.95. The molecule has 0 amide bonds. The molecule has 5 heteroatoms. The fourth-order valence-corrected chi connectivity index (χ4v) is 5.39. The van der Waals surface area contributed by atoms with Crippen LogP contribution in [0, 0.1) is 11.8 Å². The second-order valence-electron chi connectivity index (χ2n) is 10.4. The van der Waals surface area contributed by atoms with Crippen molar-refractivity contribution in [3.63, 3.8) is 0 Å². The molecule has 2 N–H and O–H groups in total. The summed E-state index contributed by atoms with van der Waals surface area (Å²) in [6, 6.07) is 0. The molecule has 1 heterocycles. The predicted octanol–water partition coefficient (Wildman–Crippen LogP) is 7.09. The van der Waals surface area contributed by atoms with E-state index in [-0.39, 0.29) is 12.1 Å². The zero-order valence-electron chi connectivity index (χ0n) is 21.1. The van der Waals surface area contributed by atoms with Gasteiger partial charge in [0.25, 0.3) is 0 Å². The Balaban J connectivity index is 1.56. The van der Waals surface area contributed by atoms with E-state index in [0.29, 0.717) is 25.4 Å². The van der Waals surface area contributed by atoms with Crippen LogP contribution in [-0.4, -0.2) is 44.3 Å². The standard InChI is InChI=1S/C27H52F2N2O/c1-3-5-7-9-11-12-14-16-22-20-30-27(31-21-22)23-17-18-24(26(29)25(23)28)32-19-15-13-10-8-6-4-2/h22-27,30-31H,3-21H2,1-2H3. The van der Waals surface area contributed by atoms with E-state index in [1.165, 1.54) is 77.0 Å². The Morgan fingerprint density at radius 2 is 1.25 bits per heavy atom. The van der Waals surface area contributed by atoms with Crippen LogP contribution in [0.1, 0.15) is 117 Å². The quantitative estimate of drug-likeness (QED) is 0.228. The molecule has 0 aromatic heterocycles. The Hall–Kier alpha value is -0.260. The van der Waals surface area contributed by atoms with E-state index < -0.39 is 18.4 Å². The van der Waals surface area contributed by atoms with Crippen molar-refractivity contribution in [2.75, 3.05) is 19.7 Å². The molecule has 190 valence electrons. The lowest BCUT2D eigenvalue weighted by molar-refractivity contribution is -0.0840. The van der Waals surface area contributed by atoms with Crippen LogP contribution in [-0.2, 0) is 4.74 Å². The molecule has 1 aliphatic heterocycles. The number of nitrogens with one attached hydrogen (secondary N) is 2. The first-order valence-corrected chi connectivity index (χ1v) is 14.0. The Morgan fingerprint density at radius 1 is 0.688 bits per heavy atom. The Morgan fingerprint density at radius 3 is 1.88 bits per heavy atom. The average molecular weight is 459 g/mol. The van der Waals surface area contributed by atoms with Crippen molar-refractivity contribution < 1.29 is 13.5 Å². The minimum absolute atomic E-state index is 0.104. The van der Waals surface area contributed by atoms with Gasteiger partial charge in [-0.1, -0.05) is 90.9 Å². The largest absolute Gasteiger partial charge is 0.375 e. The zero-order chi connectivity index (χ0) is 23.0. The van der Waals surface area contributed by atoms with Gasteiger partial charge >= 0.3 is 0 Å². The van der Waals surface area contributed by atoms with E-state index >= 15 is 0 Å². The molecule has 3 nitrogen and oxygen atoms in total. The first-order chi connectivity index (χ1) is 15.7. The van der Waals surface area contributed by atoms with Crippen molar-refractivity contribution in [3.05, 3.63) is 0 Å². The molecule has 0 aromatic rings. The number of hydrogen-bond acceptors (Lipinski definition) is 3. The van der Waals surface area contributed by atoms with Gasteiger partial charge in [0.15, 0.2) is 6.17 Å². The minimum Gasteiger partial charge on any atom is -0.375 e. The molecule has 0 aromatic carbocycles. The van der Waals surface area contributed by atoms with Crippen molar-refractivity contribution in [1.82, 2.24) is 10.6 Å². The van der Waals surface area contributed by atoms with Gasteiger partial charge in [0.1, 0.15) is 6.17 Å². The predicted molar refractivity (Wildman–Crippen MR) is 132 cm³/mol. The van der Waals surface area contributed by atoms with E-state index in [9.17, 15) is 8.78 Å². The Labute approximate surface area is 197 Å². The van der Waals surface area contributed by atoms with Crippen LogP contribution >= 0.6 is 0 Å². The fourth-order valence-electron chi connectivity index (χ4n) is 5.39. The van der Waals surface area contributed by atoms with Crippen molar-refractivity contribution >= 4 is 0 Å². The van der Waals surface area contributed by atoms with Crippen molar-refractivity contribution in [2.24, 2.45) is 11.8 Å². The van der Waals surface area contributed by atoms with E-state index in [2.05, 4.69) is 24.5 Å². The van der Waals surface area contributed by atoms with Crippen LogP contribution < -0.4 is 10.6 Å². The van der Waals surface area contributed by atoms with Gasteiger partial charge in [-0.25, -0.2) is 8.78 Å². The third kappa shape index (κ3) is 10.3. The molecule has 1 saturated heterocycles. The summed E-state index contributed by atoms with van der Waals surface area (Å²) in [6.07, 6.45) is 15.4. The van der Waals surface area contributed by atoms with Crippen LogP contribution in [0.5, 0.6) is 0 Å². The molecule has 0 spiro atoms. The molecule has 32 heavy (non-hydrogen) atoms. The number of rotatable bonds is 17. The van der Waals surface area contributed by atoms with E-state index in [4.69, 9.17) is 4.74 Å². The van der Waals surface area contributed by atoms with Gasteiger partial charge in [0, 0.05) is 25.6 Å². The van der Waals surface area contributed by atoms with Gasteiger partial charge < -0.3 is 15.4 Å². The van der Waals surface area contributed by atoms with Crippen LogP contribution in [0.25, 0.3) is 0 Å². The molecule has 4 unspecified atom stereocenters. The summed E-state index contributed by atoms with van der Waals surface area (Å²) in [6.45, 7) is 6.88. The summed E-state index contributed by atoms with van der Waals surface area (Å²) >= 11 is 0. The number of alkyl halides is 2. The van der Waals surface area contributed by atoms with Crippen LogP contribution in [0.3, 0.4) is 0 Å². The summed E-state index contributed by atoms with van der Waals surface area (Å²) < 4.78 is 35.4. The van der Waals surface area contributed by atoms with Gasteiger partial charge in [0.2, 0.25) is 0 Å². The normalized spacial score (nSPS) is 31.1. The number of ether oxygens (including phenoxy) is 1. The minimum atomic E-state index is -1.50. The summed E-state index contributed by atoms with van der Waals surface area (Å²) in [4.78, 5) is 0. The van der Waals surface area contributed by atoms with E-state index in [1.807, 2.05) is 0 Å². The monoisotopic (exact) mass is 458 g/mol. The van der Waals surface area contributed by atoms with Crippen molar-refractivity contribution in [1.29, 1.82) is 0 Å². The summed E-state index contributed by atoms with van der Waals surface area (Å²) in [5.41, 5.74) is 0. The van der Waals surface area contributed by atoms with E-state index in [1.54, 1.807) is 0 Å². The maximum Gasteiger partial charge on any atom is 0.157 e. The third-order valence-electron chi connectivity index (χ3n) is 7.58. The van der Waals surface area contributed by atoms with Gasteiger partial charge in [-0.15, -0.1) is 0 Å². The zero-order valence-corrected chi connectivity index (χ0v) is 21.1. The summed E-state index contributed by atoms with van der Waals surface area (Å²) in [5.74, 6) is 0.316. The topological polar surface area (TPSA) is 33.3 Å². The highest BCUT2D eigenvalue weighted by Crippen LogP contribution is 2.34. The van der Waals surface area contributed by atoms with E-state index in [0.717, 1.165) is 25.9 Å². The molecular formula is C27H52F2N2O. The van der Waals surface area contributed by atoms with Crippen LogP contribution in [0.4, 0.5) is 8.78 Å². The van der Waals surface area contributed by atoms with Crippen molar-refractivity contribution in [2.45, 2.75) is 141 Å². The molecule has 1 aliphatic carbocycles. The molecule has 0 bridgehead atoms. The average Bonchev–Trinajstić information content (AvgIpc) is 2.81. The van der Waals surface area contributed by atoms with Gasteiger partial charge in [-0.2, -0.15) is 0 Å². The molecular weight excluding hydrogens is 406 g/mol. The van der Waals surface area contributed by atoms with Crippen molar-refractivity contribution in [3.8, 4) is 0 Å². The van der Waals surface area contributed by atoms with Crippen LogP contribution in [0.15, 0.2) is 0 Å². The highest BCUT2D eigenvalue weighted by Gasteiger charge is 2.44. The number of unbranched alkanes of at least 4 members (excludes halogenated alkanes) is 11. The van der Waals surface area contributed by atoms with Gasteiger partial charge in [0.05, 0.1) is 12.3 Å². The third-order valence-corrected chi connectivity index (χ3v) is 7.58. The smallest absolute Gasteiger partial charge is 0.157 e. The molecule has 2 rings (SSSR count). The SMILES string of the molecule is CCCCCCCCCC1CNC(C2CCC(OCCCCCCCC)C(F)C2F)NC1. The second-order valence-corrected chi connectivity index (χ2v) is 10.4. The highest BCUT2D eigenvalue weighted by atomic mass is 19.2. The lowest BCUT2D eigenvalue weighted by atomic mass is 9.81. The maximum atomic E-state index is 14.9. The van der Waals surface area contributed by atoms with Gasteiger partial charge in [-0.05, 0) is 31.6 Å². The first kappa shape index (κ1) is 28.0. The molecule has 0 radical (unpaired) electrons. The van der Waals surface area contributed by atoms with Gasteiger partial charge in [-0.3, -0.25) is 0 Å². The lowest BCUT2D eigenvalue weighted by Gasteiger charge is -2.42. The molecule has 1 saturated carbocycles. The van der Waals surface area contributed by atoms with Crippen LogP contribution in [0.2, 0.25) is 0 Å².